The van der Waals surface area contributed by atoms with E-state index >= 15 is 0 Å². The van der Waals surface area contributed by atoms with E-state index in [-0.39, 0.29) is 16.3 Å². The first-order valence-electron chi connectivity index (χ1n) is 8.64. The van der Waals surface area contributed by atoms with Gasteiger partial charge in [-0.2, -0.15) is 0 Å². The zero-order valence-corrected chi connectivity index (χ0v) is 15.9. The lowest BCUT2D eigenvalue weighted by molar-refractivity contribution is -0.384. The molecule has 0 fully saturated rings. The van der Waals surface area contributed by atoms with Crippen LogP contribution >= 0.6 is 11.6 Å². The lowest BCUT2D eigenvalue weighted by Gasteiger charge is -2.06. The van der Waals surface area contributed by atoms with E-state index in [1.165, 1.54) is 18.2 Å². The Kier molecular flexibility index (Phi) is 4.74. The number of halogens is 1. The number of aryl methyl sites for hydroxylation is 1. The minimum atomic E-state index is -0.632. The number of amides is 1. The van der Waals surface area contributed by atoms with Crippen molar-refractivity contribution in [3.8, 4) is 11.5 Å². The Morgan fingerprint density at radius 2 is 1.93 bits per heavy atom. The number of benzene rings is 3. The molecule has 1 aromatic heterocycles. The minimum Gasteiger partial charge on any atom is -0.436 e. The van der Waals surface area contributed by atoms with E-state index in [1.807, 2.05) is 31.2 Å². The lowest BCUT2D eigenvalue weighted by atomic mass is 10.1. The molecular weight excluding hydrogens is 394 g/mol. The molecule has 144 valence electrons. The number of nitro groups is 1. The molecule has 29 heavy (non-hydrogen) atoms. The first kappa shape index (κ1) is 18.6. The standard InChI is InChI=1S/C21H14ClN3O4/c1-12-4-2-5-13(10-12)21-24-16-11-14(8-9-18(16)29-21)23-20(26)15-6-3-7-17(19(15)22)25(27)28/h2-11H,1H3,(H,23,26). The van der Waals surface area contributed by atoms with Gasteiger partial charge in [0, 0.05) is 17.3 Å². The van der Waals surface area contributed by atoms with Crippen LogP contribution in [0.15, 0.2) is 65.1 Å². The second kappa shape index (κ2) is 7.37. The zero-order valence-electron chi connectivity index (χ0n) is 15.2. The van der Waals surface area contributed by atoms with Gasteiger partial charge < -0.3 is 9.73 Å². The number of hydrogen-bond acceptors (Lipinski definition) is 5. The predicted molar refractivity (Wildman–Crippen MR) is 110 cm³/mol. The van der Waals surface area contributed by atoms with Crippen LogP contribution in [0.2, 0.25) is 5.02 Å². The van der Waals surface area contributed by atoms with Gasteiger partial charge in [-0.3, -0.25) is 14.9 Å². The van der Waals surface area contributed by atoms with Gasteiger partial charge in [-0.15, -0.1) is 0 Å². The summed E-state index contributed by atoms with van der Waals surface area (Å²) in [6.45, 7) is 1.98. The van der Waals surface area contributed by atoms with Crippen molar-refractivity contribution >= 4 is 40.0 Å². The Balaban J connectivity index is 1.63. The fourth-order valence-electron chi connectivity index (χ4n) is 2.94. The quantitative estimate of drug-likeness (QED) is 0.350. The molecule has 1 amide bonds. The summed E-state index contributed by atoms with van der Waals surface area (Å²) in [7, 11) is 0. The summed E-state index contributed by atoms with van der Waals surface area (Å²) in [5.74, 6) is -0.0747. The molecule has 4 aromatic rings. The highest BCUT2D eigenvalue weighted by atomic mass is 35.5. The van der Waals surface area contributed by atoms with Gasteiger partial charge in [-0.1, -0.05) is 35.4 Å². The van der Waals surface area contributed by atoms with Crippen LogP contribution in [0.4, 0.5) is 11.4 Å². The summed E-state index contributed by atoms with van der Waals surface area (Å²) < 4.78 is 5.80. The number of aromatic nitrogens is 1. The number of carbonyl (C=O) groups excluding carboxylic acids is 1. The molecule has 1 heterocycles. The molecular formula is C21H14ClN3O4. The number of rotatable bonds is 4. The van der Waals surface area contributed by atoms with Crippen LogP contribution in [-0.2, 0) is 0 Å². The van der Waals surface area contributed by atoms with E-state index in [9.17, 15) is 14.9 Å². The number of carbonyl (C=O) groups is 1. The molecule has 0 spiro atoms. The molecule has 0 unspecified atom stereocenters. The number of nitrogens with one attached hydrogen (secondary N) is 1. The number of fused-ring (bicyclic) bond motifs is 1. The Hall–Kier alpha value is -3.71. The SMILES string of the molecule is Cc1cccc(-c2nc3cc(NC(=O)c4cccc([N+](=O)[O-])c4Cl)ccc3o2)c1. The second-order valence-corrected chi connectivity index (χ2v) is 6.80. The molecule has 4 rings (SSSR count). The fraction of sp³-hybridized carbons (Fsp3) is 0.0476. The van der Waals surface area contributed by atoms with Crippen molar-refractivity contribution in [1.82, 2.24) is 4.98 Å². The normalized spacial score (nSPS) is 10.8. The molecule has 8 heteroatoms. The molecule has 0 aliphatic heterocycles. The van der Waals surface area contributed by atoms with Crippen molar-refractivity contribution in [2.24, 2.45) is 0 Å². The third kappa shape index (κ3) is 3.68. The lowest BCUT2D eigenvalue weighted by Crippen LogP contribution is -2.13. The van der Waals surface area contributed by atoms with E-state index in [1.54, 1.807) is 18.2 Å². The highest BCUT2D eigenvalue weighted by Gasteiger charge is 2.20. The average Bonchev–Trinajstić information content (AvgIpc) is 3.11. The summed E-state index contributed by atoms with van der Waals surface area (Å²) >= 11 is 6.01. The van der Waals surface area contributed by atoms with Gasteiger partial charge >= 0.3 is 0 Å². The smallest absolute Gasteiger partial charge is 0.288 e. The van der Waals surface area contributed by atoms with Crippen molar-refractivity contribution < 1.29 is 14.1 Å². The largest absolute Gasteiger partial charge is 0.436 e. The fourth-order valence-corrected chi connectivity index (χ4v) is 3.22. The third-order valence-electron chi connectivity index (χ3n) is 4.33. The molecule has 7 nitrogen and oxygen atoms in total. The van der Waals surface area contributed by atoms with Gasteiger partial charge in [0.2, 0.25) is 5.89 Å². The molecule has 3 aromatic carbocycles. The second-order valence-electron chi connectivity index (χ2n) is 6.42. The topological polar surface area (TPSA) is 98.3 Å². The van der Waals surface area contributed by atoms with Crippen LogP contribution in [0, 0.1) is 17.0 Å². The number of nitro benzene ring substituents is 1. The first-order chi connectivity index (χ1) is 13.9. The van der Waals surface area contributed by atoms with Gasteiger partial charge in [0.15, 0.2) is 5.58 Å². The third-order valence-corrected chi connectivity index (χ3v) is 4.73. The first-order valence-corrected chi connectivity index (χ1v) is 9.02. The van der Waals surface area contributed by atoms with Crippen molar-refractivity contribution in [2.45, 2.75) is 6.92 Å². The van der Waals surface area contributed by atoms with Crippen LogP contribution in [0.1, 0.15) is 15.9 Å². The van der Waals surface area contributed by atoms with Gasteiger partial charge in [0.1, 0.15) is 10.5 Å². The van der Waals surface area contributed by atoms with Gasteiger partial charge in [0.05, 0.1) is 10.5 Å². The Bertz CT molecular complexity index is 1270. The maximum Gasteiger partial charge on any atom is 0.288 e. The van der Waals surface area contributed by atoms with Gasteiger partial charge in [-0.05, 0) is 43.3 Å². The molecule has 0 saturated heterocycles. The number of hydrogen-bond donors (Lipinski definition) is 1. The van der Waals surface area contributed by atoms with Crippen LogP contribution in [0.5, 0.6) is 0 Å². The summed E-state index contributed by atoms with van der Waals surface area (Å²) in [6, 6.07) is 16.9. The van der Waals surface area contributed by atoms with Crippen molar-refractivity contribution in [3.63, 3.8) is 0 Å². The molecule has 0 atom stereocenters. The van der Waals surface area contributed by atoms with Crippen molar-refractivity contribution in [2.75, 3.05) is 5.32 Å². The van der Waals surface area contributed by atoms with Gasteiger partial charge in [0.25, 0.3) is 11.6 Å². The molecule has 0 saturated carbocycles. The Labute approximate surface area is 170 Å². The highest BCUT2D eigenvalue weighted by Crippen LogP contribution is 2.30. The number of anilines is 1. The molecule has 0 aliphatic rings. The van der Waals surface area contributed by atoms with Crippen molar-refractivity contribution in [1.29, 1.82) is 0 Å². The van der Waals surface area contributed by atoms with Crippen LogP contribution in [0.3, 0.4) is 0 Å². The summed E-state index contributed by atoms with van der Waals surface area (Å²) in [5, 5.41) is 13.5. The molecule has 0 radical (unpaired) electrons. The maximum absolute atomic E-state index is 12.5. The molecule has 0 aliphatic carbocycles. The van der Waals surface area contributed by atoms with E-state index < -0.39 is 10.8 Å². The average molecular weight is 408 g/mol. The van der Waals surface area contributed by atoms with E-state index in [4.69, 9.17) is 16.0 Å². The Morgan fingerprint density at radius 3 is 2.69 bits per heavy atom. The maximum atomic E-state index is 12.5. The minimum absolute atomic E-state index is 0.0153. The van der Waals surface area contributed by atoms with Crippen LogP contribution < -0.4 is 5.32 Å². The predicted octanol–water partition coefficient (Wildman–Crippen LogP) is 5.62. The van der Waals surface area contributed by atoms with Crippen molar-refractivity contribution in [3.05, 3.63) is 86.9 Å². The van der Waals surface area contributed by atoms with Crippen LogP contribution in [-0.4, -0.2) is 15.8 Å². The Morgan fingerprint density at radius 1 is 1.14 bits per heavy atom. The molecule has 0 bridgehead atoms. The number of oxazole rings is 1. The zero-order chi connectivity index (χ0) is 20.5. The summed E-state index contributed by atoms with van der Waals surface area (Å²) in [5.41, 5.74) is 3.25. The number of nitrogens with zero attached hydrogens (tertiary/aromatic N) is 2. The van der Waals surface area contributed by atoms with Crippen LogP contribution in [0.25, 0.3) is 22.6 Å². The monoisotopic (exact) mass is 407 g/mol. The summed E-state index contributed by atoms with van der Waals surface area (Å²) in [4.78, 5) is 27.4. The van der Waals surface area contributed by atoms with E-state index in [0.717, 1.165) is 11.1 Å². The summed E-state index contributed by atoms with van der Waals surface area (Å²) in [6.07, 6.45) is 0. The highest BCUT2D eigenvalue weighted by molar-refractivity contribution is 6.36. The van der Waals surface area contributed by atoms with E-state index in [2.05, 4.69) is 10.3 Å². The van der Waals surface area contributed by atoms with E-state index in [0.29, 0.717) is 22.7 Å². The van der Waals surface area contributed by atoms with Gasteiger partial charge in [-0.25, -0.2) is 4.98 Å². The molecule has 1 N–H and O–H groups in total.